The third-order valence-electron chi connectivity index (χ3n) is 6.10. The summed E-state index contributed by atoms with van der Waals surface area (Å²) < 4.78 is 49.7. The van der Waals surface area contributed by atoms with Gasteiger partial charge in [0.2, 0.25) is 0 Å². The van der Waals surface area contributed by atoms with Gasteiger partial charge >= 0.3 is 17.6 Å². The molecule has 0 aliphatic carbocycles. The number of aliphatic hydroxyl groups excluding tert-OH is 7. The Labute approximate surface area is 220 Å². The van der Waals surface area contributed by atoms with Crippen LogP contribution >= 0.6 is 0 Å². The first-order valence-corrected chi connectivity index (χ1v) is 11.3. The van der Waals surface area contributed by atoms with Gasteiger partial charge < -0.3 is 56.7 Å². The Morgan fingerprint density at radius 3 is 1.57 bits per heavy atom. The molecule has 40 heavy (non-hydrogen) atoms. The lowest BCUT2D eigenvalue weighted by Crippen LogP contribution is -2.37. The SMILES string of the molecule is Nc1nc(=O)n([C@@H]2O[C@H](CO)[C@@H](O)[C@H]2O)cc1C(F)(F)F.Nc1nc(=O)n([C@@H]2O[C@H](CO)[C@@H](O)[C@H]2O)cc1CO. The van der Waals surface area contributed by atoms with E-state index in [9.17, 15) is 43.2 Å². The first kappa shape index (κ1) is 31.3. The Kier molecular flexibility index (Phi) is 9.49. The van der Waals surface area contributed by atoms with Gasteiger partial charge in [0.05, 0.1) is 19.8 Å². The van der Waals surface area contributed by atoms with Gasteiger partial charge in [-0.05, 0) is 0 Å². The predicted octanol–water partition coefficient (Wildman–Crippen LogP) is -4.61. The number of hydrogen-bond donors (Lipinski definition) is 9. The summed E-state index contributed by atoms with van der Waals surface area (Å²) in [5, 5.41) is 65.6. The summed E-state index contributed by atoms with van der Waals surface area (Å²) in [5.41, 5.74) is 7.34. The number of nitrogen functional groups attached to an aromatic ring is 2. The molecule has 0 spiro atoms. The van der Waals surface area contributed by atoms with Crippen molar-refractivity contribution in [2.24, 2.45) is 0 Å². The summed E-state index contributed by atoms with van der Waals surface area (Å²) in [6.07, 6.45) is -14.3. The zero-order valence-corrected chi connectivity index (χ0v) is 20.2. The van der Waals surface area contributed by atoms with Gasteiger partial charge in [-0.2, -0.15) is 23.1 Å². The van der Waals surface area contributed by atoms with Crippen LogP contribution in [0, 0.1) is 0 Å². The fourth-order valence-corrected chi connectivity index (χ4v) is 3.93. The van der Waals surface area contributed by atoms with Crippen LogP contribution in [0.5, 0.6) is 0 Å². The number of aliphatic hydroxyl groups is 7. The fourth-order valence-electron chi connectivity index (χ4n) is 3.93. The summed E-state index contributed by atoms with van der Waals surface area (Å²) in [6, 6.07) is 0. The highest BCUT2D eigenvalue weighted by Gasteiger charge is 2.45. The van der Waals surface area contributed by atoms with Gasteiger partial charge in [0, 0.05) is 18.0 Å². The molecule has 8 atom stereocenters. The van der Waals surface area contributed by atoms with Crippen molar-refractivity contribution in [1.29, 1.82) is 0 Å². The second kappa shape index (κ2) is 12.1. The summed E-state index contributed by atoms with van der Waals surface area (Å²) >= 11 is 0. The van der Waals surface area contributed by atoms with Crippen LogP contribution in [0.1, 0.15) is 23.6 Å². The van der Waals surface area contributed by atoms with Crippen LogP contribution in [0.4, 0.5) is 24.8 Å². The van der Waals surface area contributed by atoms with Crippen molar-refractivity contribution in [2.45, 2.75) is 61.9 Å². The number of alkyl halides is 3. The average molecular weight is 584 g/mol. The standard InChI is InChI=1S/C10H12F3N3O5.C10H15N3O6/c11-10(12,13)3-1-16(9(20)15-7(3)14)8-6(19)5(18)4(2-17)21-8;11-8-4(2-14)1-13(10(18)12-8)9-7(17)6(16)5(3-15)19-9/h1,4-6,8,17-19H,2H2,(H2,14,15,20);1,5-7,9,14-17H,2-3H2,(H2,11,12,18)/t4-,5-,6-,8-;5-,6-,7-,9-/m11/s1. The van der Waals surface area contributed by atoms with Crippen LogP contribution in [0.2, 0.25) is 0 Å². The van der Waals surface area contributed by atoms with E-state index in [1.165, 1.54) is 6.20 Å². The third-order valence-corrected chi connectivity index (χ3v) is 6.10. The smallest absolute Gasteiger partial charge is 0.394 e. The molecule has 20 heteroatoms. The van der Waals surface area contributed by atoms with E-state index in [1.54, 1.807) is 0 Å². The van der Waals surface area contributed by atoms with E-state index in [0.717, 1.165) is 4.57 Å². The molecule has 0 saturated carbocycles. The minimum Gasteiger partial charge on any atom is -0.394 e. The maximum Gasteiger partial charge on any atom is 0.421 e. The molecule has 4 heterocycles. The van der Waals surface area contributed by atoms with Gasteiger partial charge in [0.1, 0.15) is 53.8 Å². The molecular formula is C20H27F3N6O11. The lowest BCUT2D eigenvalue weighted by molar-refractivity contribution is -0.138. The second-order valence-corrected chi connectivity index (χ2v) is 8.68. The van der Waals surface area contributed by atoms with Gasteiger partial charge in [-0.1, -0.05) is 0 Å². The Hall–Kier alpha value is -3.21. The van der Waals surface area contributed by atoms with Crippen molar-refractivity contribution >= 4 is 11.6 Å². The van der Waals surface area contributed by atoms with E-state index in [-0.39, 0.29) is 11.4 Å². The molecule has 0 aromatic carbocycles. The van der Waals surface area contributed by atoms with Crippen molar-refractivity contribution in [3.8, 4) is 0 Å². The highest BCUT2D eigenvalue weighted by Crippen LogP contribution is 2.34. The minimum atomic E-state index is -4.86. The van der Waals surface area contributed by atoms with Crippen molar-refractivity contribution in [3.05, 3.63) is 44.5 Å². The van der Waals surface area contributed by atoms with Crippen LogP contribution in [-0.2, 0) is 22.3 Å². The summed E-state index contributed by atoms with van der Waals surface area (Å²) in [6.45, 7) is -1.62. The molecule has 2 saturated heterocycles. The Morgan fingerprint density at radius 2 is 1.20 bits per heavy atom. The van der Waals surface area contributed by atoms with Crippen molar-refractivity contribution in [3.63, 3.8) is 0 Å². The molecule has 2 aromatic heterocycles. The third kappa shape index (κ3) is 6.09. The summed E-state index contributed by atoms with van der Waals surface area (Å²) in [5.74, 6) is -1.12. The lowest BCUT2D eigenvalue weighted by atomic mass is 10.1. The van der Waals surface area contributed by atoms with E-state index in [1.807, 2.05) is 0 Å². The highest BCUT2D eigenvalue weighted by atomic mass is 19.4. The summed E-state index contributed by atoms with van der Waals surface area (Å²) in [4.78, 5) is 29.8. The quantitative estimate of drug-likeness (QED) is 0.160. The molecule has 0 unspecified atom stereocenters. The number of nitrogens with zero attached hydrogens (tertiary/aromatic N) is 4. The zero-order valence-electron chi connectivity index (χ0n) is 20.2. The molecular weight excluding hydrogens is 557 g/mol. The van der Waals surface area contributed by atoms with Crippen LogP contribution in [0.25, 0.3) is 0 Å². The van der Waals surface area contributed by atoms with Crippen molar-refractivity contribution < 1.29 is 58.4 Å². The number of rotatable bonds is 5. The molecule has 0 bridgehead atoms. The summed E-state index contributed by atoms with van der Waals surface area (Å²) in [7, 11) is 0. The van der Waals surface area contributed by atoms with Crippen LogP contribution < -0.4 is 22.8 Å². The molecule has 17 nitrogen and oxygen atoms in total. The van der Waals surface area contributed by atoms with E-state index >= 15 is 0 Å². The first-order valence-electron chi connectivity index (χ1n) is 11.3. The van der Waals surface area contributed by atoms with Crippen LogP contribution in [0.3, 0.4) is 0 Å². The number of aromatic nitrogens is 4. The number of ether oxygens (including phenoxy) is 2. The molecule has 224 valence electrons. The van der Waals surface area contributed by atoms with Crippen molar-refractivity contribution in [2.75, 3.05) is 24.7 Å². The number of halogens is 3. The molecule has 11 N–H and O–H groups in total. The zero-order chi connectivity index (χ0) is 30.1. The van der Waals surface area contributed by atoms with Gasteiger partial charge in [-0.25, -0.2) is 9.59 Å². The predicted molar refractivity (Wildman–Crippen MR) is 123 cm³/mol. The lowest BCUT2D eigenvalue weighted by Gasteiger charge is -2.19. The number of hydrogen-bond acceptors (Lipinski definition) is 15. The molecule has 2 fully saturated rings. The van der Waals surface area contributed by atoms with E-state index < -0.39 is 97.8 Å². The topological polar surface area (TPSA) is 282 Å². The van der Waals surface area contributed by atoms with Crippen LogP contribution in [0.15, 0.2) is 22.0 Å². The highest BCUT2D eigenvalue weighted by molar-refractivity contribution is 5.39. The molecule has 2 aliphatic rings. The molecule has 2 aromatic rings. The van der Waals surface area contributed by atoms with Gasteiger partial charge in [0.25, 0.3) is 0 Å². The second-order valence-electron chi connectivity index (χ2n) is 8.68. The Bertz CT molecular complexity index is 1310. The average Bonchev–Trinajstić information content (AvgIpc) is 3.33. The van der Waals surface area contributed by atoms with Gasteiger partial charge in [-0.3, -0.25) is 9.13 Å². The van der Waals surface area contributed by atoms with Crippen molar-refractivity contribution in [1.82, 2.24) is 19.1 Å². The van der Waals surface area contributed by atoms with E-state index in [4.69, 9.17) is 36.3 Å². The molecule has 4 rings (SSSR count). The number of nitrogens with two attached hydrogens (primary N) is 2. The van der Waals surface area contributed by atoms with E-state index in [2.05, 4.69) is 9.97 Å². The molecule has 0 radical (unpaired) electrons. The van der Waals surface area contributed by atoms with E-state index in [0.29, 0.717) is 10.8 Å². The largest absolute Gasteiger partial charge is 0.421 e. The maximum atomic E-state index is 12.7. The maximum absolute atomic E-state index is 12.7. The normalized spacial score (nSPS) is 30.2. The van der Waals surface area contributed by atoms with Crippen LogP contribution in [-0.4, -0.2) is 105 Å². The van der Waals surface area contributed by atoms with Gasteiger partial charge in [0.15, 0.2) is 12.5 Å². The molecule has 0 amide bonds. The monoisotopic (exact) mass is 584 g/mol. The Balaban J connectivity index is 0.000000222. The Morgan fingerprint density at radius 1 is 0.775 bits per heavy atom. The number of anilines is 2. The fraction of sp³-hybridized carbons (Fsp3) is 0.600. The minimum absolute atomic E-state index is 0.115. The first-order chi connectivity index (χ1) is 18.7. The van der Waals surface area contributed by atoms with Gasteiger partial charge in [-0.15, -0.1) is 0 Å². The molecule has 2 aliphatic heterocycles.